The lowest BCUT2D eigenvalue weighted by Gasteiger charge is -2.34. The highest BCUT2D eigenvalue weighted by atomic mass is 16.5. The lowest BCUT2D eigenvalue weighted by Crippen LogP contribution is -2.42. The largest absolute Gasteiger partial charge is 0.373 e. The van der Waals surface area contributed by atoms with Crippen molar-refractivity contribution in [2.75, 3.05) is 13.2 Å². The average molecular weight is 366 g/mol. The summed E-state index contributed by atoms with van der Waals surface area (Å²) in [5.74, 6) is -0.0756. The maximum Gasteiger partial charge on any atom is 0.274 e. The molecular formula is C19H22N6O2. The normalized spacial score (nSPS) is 16.4. The molecule has 4 rings (SSSR count). The Bertz CT molecular complexity index is 947. The van der Waals surface area contributed by atoms with Crippen molar-refractivity contribution in [1.82, 2.24) is 29.2 Å². The molecule has 0 aliphatic carbocycles. The SMILES string of the molecule is Cc1cccc(COCC2CN(C(=O)c3ccn(C)n3)Cc3cncn32)n1. The van der Waals surface area contributed by atoms with Crippen molar-refractivity contribution in [3.63, 3.8) is 0 Å². The van der Waals surface area contributed by atoms with Gasteiger partial charge < -0.3 is 14.2 Å². The van der Waals surface area contributed by atoms with Gasteiger partial charge >= 0.3 is 0 Å². The highest BCUT2D eigenvalue weighted by Crippen LogP contribution is 2.23. The summed E-state index contributed by atoms with van der Waals surface area (Å²) in [6.07, 6.45) is 5.38. The van der Waals surface area contributed by atoms with Crippen molar-refractivity contribution in [2.24, 2.45) is 7.05 Å². The van der Waals surface area contributed by atoms with E-state index in [4.69, 9.17) is 4.74 Å². The standard InChI is InChI=1S/C19H22N6O2/c1-14-4-3-5-15(21-14)11-27-12-17-10-24(9-16-8-20-13-25(16)17)19(26)18-6-7-23(2)22-18/h3-8,13,17H,9-12H2,1-2H3. The van der Waals surface area contributed by atoms with Crippen LogP contribution in [0.1, 0.15) is 33.6 Å². The van der Waals surface area contributed by atoms with E-state index in [0.29, 0.717) is 32.0 Å². The topological polar surface area (TPSA) is 78.1 Å². The van der Waals surface area contributed by atoms with Gasteiger partial charge in [0.05, 0.1) is 43.5 Å². The second kappa shape index (κ2) is 7.32. The molecule has 3 aromatic heterocycles. The first kappa shape index (κ1) is 17.4. The van der Waals surface area contributed by atoms with E-state index < -0.39 is 0 Å². The molecule has 27 heavy (non-hydrogen) atoms. The van der Waals surface area contributed by atoms with Crippen LogP contribution < -0.4 is 0 Å². The fourth-order valence-corrected chi connectivity index (χ4v) is 3.34. The first-order valence-electron chi connectivity index (χ1n) is 8.90. The van der Waals surface area contributed by atoms with Gasteiger partial charge in [-0.1, -0.05) is 6.07 Å². The highest BCUT2D eigenvalue weighted by molar-refractivity contribution is 5.92. The van der Waals surface area contributed by atoms with E-state index in [-0.39, 0.29) is 11.9 Å². The van der Waals surface area contributed by atoms with Crippen LogP contribution in [0.3, 0.4) is 0 Å². The molecule has 0 aromatic carbocycles. The Morgan fingerprint density at radius 1 is 1.33 bits per heavy atom. The maximum atomic E-state index is 12.8. The minimum atomic E-state index is -0.0756. The fraction of sp³-hybridized carbons (Fsp3) is 0.368. The maximum absolute atomic E-state index is 12.8. The summed E-state index contributed by atoms with van der Waals surface area (Å²) >= 11 is 0. The number of ether oxygens (including phenoxy) is 1. The molecule has 0 saturated carbocycles. The first-order chi connectivity index (χ1) is 13.1. The van der Waals surface area contributed by atoms with Crippen molar-refractivity contribution >= 4 is 5.91 Å². The molecule has 0 spiro atoms. The van der Waals surface area contributed by atoms with Crippen molar-refractivity contribution < 1.29 is 9.53 Å². The Labute approximate surface area is 157 Å². The molecule has 0 saturated heterocycles. The van der Waals surface area contributed by atoms with Gasteiger partial charge in [0, 0.05) is 31.7 Å². The summed E-state index contributed by atoms with van der Waals surface area (Å²) in [6.45, 7) is 3.95. The van der Waals surface area contributed by atoms with Crippen molar-refractivity contribution in [3.05, 3.63) is 65.8 Å². The average Bonchev–Trinajstić information content (AvgIpc) is 3.30. The zero-order valence-electron chi connectivity index (χ0n) is 15.4. The van der Waals surface area contributed by atoms with Crippen LogP contribution in [0.15, 0.2) is 43.0 Å². The van der Waals surface area contributed by atoms with Crippen molar-refractivity contribution in [3.8, 4) is 0 Å². The van der Waals surface area contributed by atoms with Gasteiger partial charge in [-0.3, -0.25) is 14.5 Å². The molecular weight excluding hydrogens is 344 g/mol. The number of amides is 1. The van der Waals surface area contributed by atoms with Gasteiger partial charge in [0.25, 0.3) is 5.91 Å². The first-order valence-corrected chi connectivity index (χ1v) is 8.90. The number of aromatic nitrogens is 5. The number of aryl methyl sites for hydroxylation is 2. The minimum Gasteiger partial charge on any atom is -0.373 e. The van der Waals surface area contributed by atoms with Gasteiger partial charge in [0.1, 0.15) is 5.69 Å². The number of imidazole rings is 1. The summed E-state index contributed by atoms with van der Waals surface area (Å²) < 4.78 is 9.63. The van der Waals surface area contributed by atoms with Gasteiger partial charge in [0.2, 0.25) is 0 Å². The number of carbonyl (C=O) groups excluding carboxylic acids is 1. The number of pyridine rings is 1. The van der Waals surface area contributed by atoms with Crippen LogP contribution in [0.5, 0.6) is 0 Å². The molecule has 0 N–H and O–H groups in total. The number of rotatable bonds is 5. The number of hydrogen-bond acceptors (Lipinski definition) is 5. The van der Waals surface area contributed by atoms with Gasteiger partial charge in [-0.05, 0) is 25.1 Å². The molecule has 1 atom stereocenters. The molecule has 8 nitrogen and oxygen atoms in total. The monoisotopic (exact) mass is 366 g/mol. The molecule has 8 heteroatoms. The lowest BCUT2D eigenvalue weighted by molar-refractivity contribution is 0.0469. The van der Waals surface area contributed by atoms with Gasteiger partial charge in [-0.2, -0.15) is 5.10 Å². The molecule has 1 unspecified atom stereocenters. The third-order valence-corrected chi connectivity index (χ3v) is 4.65. The van der Waals surface area contributed by atoms with Crippen molar-refractivity contribution in [2.45, 2.75) is 26.1 Å². The third-order valence-electron chi connectivity index (χ3n) is 4.65. The summed E-state index contributed by atoms with van der Waals surface area (Å²) in [7, 11) is 1.80. The molecule has 4 heterocycles. The minimum absolute atomic E-state index is 0.00808. The Kier molecular flexibility index (Phi) is 4.72. The van der Waals surface area contributed by atoms with Gasteiger partial charge in [-0.15, -0.1) is 0 Å². The van der Waals surface area contributed by atoms with E-state index in [1.54, 1.807) is 41.4 Å². The summed E-state index contributed by atoms with van der Waals surface area (Å²) in [6, 6.07) is 7.64. The number of fused-ring (bicyclic) bond motifs is 1. The highest BCUT2D eigenvalue weighted by Gasteiger charge is 2.29. The Morgan fingerprint density at radius 2 is 2.22 bits per heavy atom. The van der Waals surface area contributed by atoms with Crippen LogP contribution in [0.4, 0.5) is 0 Å². The fourth-order valence-electron chi connectivity index (χ4n) is 3.34. The molecule has 0 radical (unpaired) electrons. The molecule has 0 fully saturated rings. The van der Waals surface area contributed by atoms with Crippen LogP contribution >= 0.6 is 0 Å². The smallest absolute Gasteiger partial charge is 0.274 e. The third kappa shape index (κ3) is 3.75. The Morgan fingerprint density at radius 3 is 3.00 bits per heavy atom. The molecule has 1 aliphatic rings. The Hall–Kier alpha value is -3.00. The number of carbonyl (C=O) groups is 1. The van der Waals surface area contributed by atoms with Crippen LogP contribution in [0.25, 0.3) is 0 Å². The van der Waals surface area contributed by atoms with E-state index >= 15 is 0 Å². The van der Waals surface area contributed by atoms with Crippen LogP contribution in [-0.2, 0) is 24.9 Å². The lowest BCUT2D eigenvalue weighted by atomic mass is 10.2. The summed E-state index contributed by atoms with van der Waals surface area (Å²) in [4.78, 5) is 23.3. The van der Waals surface area contributed by atoms with Gasteiger partial charge in [0.15, 0.2) is 0 Å². The molecule has 140 valence electrons. The van der Waals surface area contributed by atoms with E-state index in [2.05, 4.69) is 19.6 Å². The Balaban J connectivity index is 1.44. The number of hydrogen-bond donors (Lipinski definition) is 0. The van der Waals surface area contributed by atoms with E-state index in [0.717, 1.165) is 17.1 Å². The van der Waals surface area contributed by atoms with E-state index in [1.807, 2.05) is 25.1 Å². The van der Waals surface area contributed by atoms with Gasteiger partial charge in [-0.25, -0.2) is 4.98 Å². The van der Waals surface area contributed by atoms with E-state index in [9.17, 15) is 4.79 Å². The predicted octanol–water partition coefficient (Wildman–Crippen LogP) is 1.73. The van der Waals surface area contributed by atoms with Crippen LogP contribution in [0.2, 0.25) is 0 Å². The predicted molar refractivity (Wildman–Crippen MR) is 97.8 cm³/mol. The second-order valence-corrected chi connectivity index (χ2v) is 6.79. The molecule has 0 bridgehead atoms. The summed E-state index contributed by atoms with van der Waals surface area (Å²) in [5, 5.41) is 4.23. The van der Waals surface area contributed by atoms with Crippen LogP contribution in [-0.4, -0.2) is 48.3 Å². The number of nitrogens with zero attached hydrogens (tertiary/aromatic N) is 6. The zero-order valence-corrected chi connectivity index (χ0v) is 15.4. The summed E-state index contributed by atoms with van der Waals surface area (Å²) in [5.41, 5.74) is 3.32. The molecule has 3 aromatic rings. The molecule has 1 amide bonds. The zero-order chi connectivity index (χ0) is 18.8. The molecule has 1 aliphatic heterocycles. The van der Waals surface area contributed by atoms with Crippen molar-refractivity contribution in [1.29, 1.82) is 0 Å². The second-order valence-electron chi connectivity index (χ2n) is 6.79. The van der Waals surface area contributed by atoms with Crippen LogP contribution in [0, 0.1) is 6.92 Å². The quantitative estimate of drug-likeness (QED) is 0.687. The van der Waals surface area contributed by atoms with E-state index in [1.165, 1.54) is 0 Å².